The maximum absolute atomic E-state index is 13.2. The first-order valence-corrected chi connectivity index (χ1v) is 14.4. The van der Waals surface area contributed by atoms with E-state index in [-0.39, 0.29) is 5.82 Å². The van der Waals surface area contributed by atoms with E-state index < -0.39 is 8.07 Å². The molecular weight excluding hydrogens is 359 g/mol. The van der Waals surface area contributed by atoms with Crippen molar-refractivity contribution in [2.75, 3.05) is 0 Å². The highest BCUT2D eigenvalue weighted by molar-refractivity contribution is 6.78. The highest BCUT2D eigenvalue weighted by atomic mass is 35.5. The van der Waals surface area contributed by atoms with Crippen molar-refractivity contribution in [3.8, 4) is 0 Å². The van der Waals surface area contributed by atoms with Crippen LogP contribution in [0.15, 0.2) is 18.2 Å². The van der Waals surface area contributed by atoms with Crippen molar-refractivity contribution in [2.45, 2.75) is 89.4 Å². The lowest BCUT2D eigenvalue weighted by Gasteiger charge is -2.41. The minimum absolute atomic E-state index is 0.232. The van der Waals surface area contributed by atoms with Gasteiger partial charge in [-0.05, 0) is 61.1 Å². The molecule has 3 rings (SSSR count). The second-order valence-corrected chi connectivity index (χ2v) is 15.0. The van der Waals surface area contributed by atoms with Gasteiger partial charge in [-0.15, -0.1) is 0 Å². The normalized spacial score (nSPS) is 32.5. The fourth-order valence-electron chi connectivity index (χ4n) is 5.69. The minimum Gasteiger partial charge on any atom is -0.207 e. The molecule has 0 bridgehead atoms. The van der Waals surface area contributed by atoms with E-state index in [1.54, 1.807) is 18.1 Å². The minimum atomic E-state index is -0.854. The van der Waals surface area contributed by atoms with E-state index in [1.807, 2.05) is 6.07 Å². The van der Waals surface area contributed by atoms with Crippen LogP contribution in [-0.2, 0) is 6.42 Å². The predicted molar refractivity (Wildman–Crippen MR) is 114 cm³/mol. The molecule has 2 aliphatic rings. The number of benzene rings is 1. The molecular formula is C23H36ClFSi. The molecule has 0 radical (unpaired) electrons. The van der Waals surface area contributed by atoms with Crippen LogP contribution in [0.4, 0.5) is 4.39 Å². The van der Waals surface area contributed by atoms with Gasteiger partial charge in [0.1, 0.15) is 5.82 Å². The Morgan fingerprint density at radius 3 is 2.31 bits per heavy atom. The first-order chi connectivity index (χ1) is 12.5. The SMILES string of the molecule is CCC[Si]1(C)CCC(C2CCC(CCc3ccc(F)cc3Cl)CC2)CC1. The predicted octanol–water partition coefficient (Wildman–Crippen LogP) is 8.12. The van der Waals surface area contributed by atoms with Crippen molar-refractivity contribution in [2.24, 2.45) is 17.8 Å². The van der Waals surface area contributed by atoms with Crippen LogP contribution in [0.1, 0.15) is 63.9 Å². The molecule has 0 aromatic heterocycles. The van der Waals surface area contributed by atoms with Crippen molar-refractivity contribution in [1.82, 2.24) is 0 Å². The summed E-state index contributed by atoms with van der Waals surface area (Å²) in [6, 6.07) is 9.59. The Labute approximate surface area is 165 Å². The van der Waals surface area contributed by atoms with Crippen molar-refractivity contribution in [3.05, 3.63) is 34.6 Å². The van der Waals surface area contributed by atoms with Gasteiger partial charge in [0.25, 0.3) is 0 Å². The monoisotopic (exact) mass is 394 g/mol. The molecule has 3 heteroatoms. The van der Waals surface area contributed by atoms with Gasteiger partial charge in [0.05, 0.1) is 8.07 Å². The molecule has 146 valence electrons. The van der Waals surface area contributed by atoms with Gasteiger partial charge < -0.3 is 0 Å². The summed E-state index contributed by atoms with van der Waals surface area (Å²) >= 11 is 6.18. The molecule has 0 amide bonds. The van der Waals surface area contributed by atoms with Gasteiger partial charge in [0.2, 0.25) is 0 Å². The van der Waals surface area contributed by atoms with Crippen LogP contribution in [0, 0.1) is 23.6 Å². The number of rotatable bonds is 6. The van der Waals surface area contributed by atoms with Crippen LogP contribution < -0.4 is 0 Å². The van der Waals surface area contributed by atoms with Crippen LogP contribution in [0.25, 0.3) is 0 Å². The molecule has 0 spiro atoms. The maximum Gasteiger partial charge on any atom is 0.124 e. The summed E-state index contributed by atoms with van der Waals surface area (Å²) in [7, 11) is -0.854. The van der Waals surface area contributed by atoms with Gasteiger partial charge in [0.15, 0.2) is 0 Å². The zero-order chi connectivity index (χ0) is 18.6. The number of aryl methyl sites for hydroxylation is 1. The van der Waals surface area contributed by atoms with Gasteiger partial charge in [-0.3, -0.25) is 0 Å². The van der Waals surface area contributed by atoms with Gasteiger partial charge >= 0.3 is 0 Å². The van der Waals surface area contributed by atoms with Crippen molar-refractivity contribution in [3.63, 3.8) is 0 Å². The maximum atomic E-state index is 13.2. The Hall–Kier alpha value is -0.343. The largest absolute Gasteiger partial charge is 0.207 e. The molecule has 1 saturated carbocycles. The van der Waals surface area contributed by atoms with E-state index in [0.29, 0.717) is 5.02 Å². The Morgan fingerprint density at radius 1 is 1.04 bits per heavy atom. The van der Waals surface area contributed by atoms with E-state index in [9.17, 15) is 4.39 Å². The topological polar surface area (TPSA) is 0 Å². The standard InChI is InChI=1S/C23H36ClFSi/c1-3-14-26(2)15-12-20(13-16-26)19-7-4-18(5-8-19)6-9-21-10-11-22(25)17-23(21)24/h10-11,17-20H,3-9,12-16H2,1-2H3. The van der Waals surface area contributed by atoms with Gasteiger partial charge in [0, 0.05) is 5.02 Å². The lowest BCUT2D eigenvalue weighted by atomic mass is 9.73. The highest BCUT2D eigenvalue weighted by Gasteiger charge is 2.36. The number of halogens is 2. The van der Waals surface area contributed by atoms with Crippen LogP contribution in [0.5, 0.6) is 0 Å². The molecule has 1 aliphatic heterocycles. The lowest BCUT2D eigenvalue weighted by Crippen LogP contribution is -2.37. The highest BCUT2D eigenvalue weighted by Crippen LogP contribution is 2.44. The third-order valence-electron chi connectivity index (χ3n) is 7.49. The Kier molecular flexibility index (Phi) is 7.24. The molecule has 1 aromatic rings. The second kappa shape index (κ2) is 9.23. The third kappa shape index (κ3) is 5.35. The Bertz CT molecular complexity index is 572. The average molecular weight is 395 g/mol. The molecule has 1 saturated heterocycles. The third-order valence-corrected chi connectivity index (χ3v) is 12.5. The molecule has 1 aromatic carbocycles. The fraction of sp³-hybridized carbons (Fsp3) is 0.739. The molecule has 1 aliphatic carbocycles. The van der Waals surface area contributed by atoms with Crippen LogP contribution in [0.2, 0.25) is 29.7 Å². The molecule has 26 heavy (non-hydrogen) atoms. The van der Waals surface area contributed by atoms with Gasteiger partial charge in [-0.1, -0.05) is 81.4 Å². The zero-order valence-electron chi connectivity index (χ0n) is 16.7. The Morgan fingerprint density at radius 2 is 1.69 bits per heavy atom. The summed E-state index contributed by atoms with van der Waals surface area (Å²) in [6.45, 7) is 5.02. The summed E-state index contributed by atoms with van der Waals surface area (Å²) in [6.07, 6.45) is 12.3. The fourth-order valence-corrected chi connectivity index (χ4v) is 10.0. The van der Waals surface area contributed by atoms with E-state index in [1.165, 1.54) is 63.5 Å². The summed E-state index contributed by atoms with van der Waals surface area (Å²) in [5.74, 6) is 2.64. The first kappa shape index (κ1) is 20.4. The van der Waals surface area contributed by atoms with Crippen LogP contribution >= 0.6 is 11.6 Å². The summed E-state index contributed by atoms with van der Waals surface area (Å²) < 4.78 is 13.2. The first-order valence-electron chi connectivity index (χ1n) is 10.9. The quantitative estimate of drug-likeness (QED) is 0.427. The zero-order valence-corrected chi connectivity index (χ0v) is 18.5. The molecule has 2 fully saturated rings. The van der Waals surface area contributed by atoms with Gasteiger partial charge in [-0.2, -0.15) is 0 Å². The summed E-state index contributed by atoms with van der Waals surface area (Å²) in [4.78, 5) is 0. The van der Waals surface area contributed by atoms with Crippen molar-refractivity contribution < 1.29 is 4.39 Å². The number of hydrogen-bond acceptors (Lipinski definition) is 0. The van der Waals surface area contributed by atoms with E-state index >= 15 is 0 Å². The summed E-state index contributed by atoms with van der Waals surface area (Å²) in [5.41, 5.74) is 1.11. The summed E-state index contributed by atoms with van der Waals surface area (Å²) in [5, 5.41) is 0.597. The van der Waals surface area contributed by atoms with Crippen molar-refractivity contribution in [1.29, 1.82) is 0 Å². The van der Waals surface area contributed by atoms with Gasteiger partial charge in [-0.25, -0.2) is 4.39 Å². The molecule has 0 N–H and O–H groups in total. The number of hydrogen-bond donors (Lipinski definition) is 0. The van der Waals surface area contributed by atoms with E-state index in [2.05, 4.69) is 13.5 Å². The smallest absolute Gasteiger partial charge is 0.124 e. The van der Waals surface area contributed by atoms with E-state index in [4.69, 9.17) is 11.6 Å². The van der Waals surface area contributed by atoms with Crippen LogP contribution in [0.3, 0.4) is 0 Å². The molecule has 1 heterocycles. The van der Waals surface area contributed by atoms with Crippen molar-refractivity contribution >= 4 is 19.7 Å². The molecule has 0 unspecified atom stereocenters. The van der Waals surface area contributed by atoms with E-state index in [0.717, 1.165) is 29.7 Å². The molecule has 0 nitrogen and oxygen atoms in total. The second-order valence-electron chi connectivity index (χ2n) is 9.45. The average Bonchev–Trinajstić information content (AvgIpc) is 2.62. The Balaban J connectivity index is 1.40. The molecule has 0 atom stereocenters. The van der Waals surface area contributed by atoms with Crippen LogP contribution in [-0.4, -0.2) is 8.07 Å². The lowest BCUT2D eigenvalue weighted by molar-refractivity contribution is 0.185.